The molecule has 0 spiro atoms. The number of Topliss-reactive ketones (excluding diaryl/α,β-unsaturated/α-hetero) is 1. The Hall–Kier alpha value is -3.21. The van der Waals surface area contributed by atoms with E-state index in [0.29, 0.717) is 44.6 Å². The van der Waals surface area contributed by atoms with Crippen molar-refractivity contribution in [2.24, 2.45) is 0 Å². The average Bonchev–Trinajstić information content (AvgIpc) is 2.96. The number of carboxylic acids is 2. The summed E-state index contributed by atoms with van der Waals surface area (Å²) in [4.78, 5) is 32.7. The highest BCUT2D eigenvalue weighted by atomic mass is 16.5. The van der Waals surface area contributed by atoms with Crippen molar-refractivity contribution >= 4 is 17.7 Å². The van der Waals surface area contributed by atoms with Gasteiger partial charge in [-0.25, -0.2) is 9.59 Å². The lowest BCUT2D eigenvalue weighted by molar-refractivity contribution is -0.159. The van der Waals surface area contributed by atoms with E-state index in [1.807, 2.05) is 24.8 Å². The number of carbonyl (C=O) groups is 3. The van der Waals surface area contributed by atoms with Crippen LogP contribution in [-0.4, -0.2) is 70.8 Å². The second-order valence-electron chi connectivity index (χ2n) is 6.06. The molecule has 10 heteroatoms. The molecule has 0 saturated heterocycles. The predicted molar refractivity (Wildman–Crippen MR) is 102 cm³/mol. The molecule has 29 heavy (non-hydrogen) atoms. The maximum atomic E-state index is 12.6. The van der Waals surface area contributed by atoms with E-state index in [0.717, 1.165) is 11.4 Å². The number of methoxy groups -OCH3 is 1. The molecule has 0 bridgehead atoms. The Balaban J connectivity index is 0.00000113. The van der Waals surface area contributed by atoms with Crippen molar-refractivity contribution in [2.45, 2.75) is 33.2 Å². The largest absolute Gasteiger partial charge is 0.473 e. The van der Waals surface area contributed by atoms with Crippen LogP contribution in [0.5, 0.6) is 0 Å². The number of hydrogen-bond donors (Lipinski definition) is 2. The summed E-state index contributed by atoms with van der Waals surface area (Å²) < 4.78 is 7.18. The fourth-order valence-corrected chi connectivity index (χ4v) is 2.58. The normalized spacial score (nSPS) is 9.86. The molecule has 1 heterocycles. The Labute approximate surface area is 169 Å². The van der Waals surface area contributed by atoms with Gasteiger partial charge in [0.25, 0.3) is 0 Å². The molecule has 10 nitrogen and oxygen atoms in total. The summed E-state index contributed by atoms with van der Waals surface area (Å²) in [6, 6.07) is 6.07. The molecular weight excluding hydrogens is 380 g/mol. The highest BCUT2D eigenvalue weighted by Gasteiger charge is 2.18. The van der Waals surface area contributed by atoms with E-state index in [4.69, 9.17) is 35.1 Å². The van der Waals surface area contributed by atoms with Gasteiger partial charge in [-0.2, -0.15) is 10.5 Å². The van der Waals surface area contributed by atoms with Gasteiger partial charge in [0.1, 0.15) is 0 Å². The van der Waals surface area contributed by atoms with Crippen LogP contribution >= 0.6 is 0 Å². The van der Waals surface area contributed by atoms with Gasteiger partial charge in [-0.05, 0) is 19.9 Å². The van der Waals surface area contributed by atoms with Gasteiger partial charge < -0.3 is 19.5 Å². The molecule has 1 aromatic rings. The maximum Gasteiger partial charge on any atom is 0.414 e. The lowest BCUT2D eigenvalue weighted by Crippen LogP contribution is -2.32. The number of hydrogen-bond acceptors (Lipinski definition) is 7. The Bertz CT molecular complexity index is 758. The first kappa shape index (κ1) is 25.8. The summed E-state index contributed by atoms with van der Waals surface area (Å²) in [6.07, 6.45) is 0.705. The highest BCUT2D eigenvalue weighted by Crippen LogP contribution is 2.16. The molecule has 1 rings (SSSR count). The van der Waals surface area contributed by atoms with E-state index in [1.54, 1.807) is 7.11 Å². The Morgan fingerprint density at radius 3 is 2.03 bits per heavy atom. The zero-order valence-corrected chi connectivity index (χ0v) is 16.8. The number of ether oxygens (including phenoxy) is 1. The first-order chi connectivity index (χ1) is 13.7. The highest BCUT2D eigenvalue weighted by molar-refractivity contribution is 6.27. The minimum Gasteiger partial charge on any atom is -0.473 e. The average molecular weight is 406 g/mol. The van der Waals surface area contributed by atoms with E-state index in [1.165, 1.54) is 0 Å². The number of aromatic nitrogens is 1. The zero-order valence-electron chi connectivity index (χ0n) is 16.8. The summed E-state index contributed by atoms with van der Waals surface area (Å²) in [6.45, 7) is 6.47. The van der Waals surface area contributed by atoms with Crippen LogP contribution in [0.25, 0.3) is 0 Å². The van der Waals surface area contributed by atoms with Crippen molar-refractivity contribution in [1.29, 1.82) is 10.5 Å². The Kier molecular flexibility index (Phi) is 12.3. The number of rotatable bonds is 10. The standard InChI is InChI=1S/C17H24N4O2.C2H2O4/c1-14-12-16(15(2)21(14)10-11-23-3)17(22)13-20(8-4-6-18)9-5-7-19;3-1(4)2(5)6/h12H,4-5,8-11,13H2,1-3H3;(H,3,4)(H,5,6). The molecule has 2 N–H and O–H groups in total. The quantitative estimate of drug-likeness (QED) is 0.430. The van der Waals surface area contributed by atoms with Crippen molar-refractivity contribution in [3.8, 4) is 12.1 Å². The number of carboxylic acid groups (broad SMARTS) is 2. The minimum atomic E-state index is -1.82. The van der Waals surface area contributed by atoms with E-state index in [-0.39, 0.29) is 12.3 Å². The van der Waals surface area contributed by atoms with Crippen LogP contribution in [0.3, 0.4) is 0 Å². The molecule has 0 fully saturated rings. The first-order valence-corrected chi connectivity index (χ1v) is 8.80. The predicted octanol–water partition coefficient (Wildman–Crippen LogP) is 1.22. The maximum absolute atomic E-state index is 12.6. The fourth-order valence-electron chi connectivity index (χ4n) is 2.58. The smallest absolute Gasteiger partial charge is 0.414 e. The van der Waals surface area contributed by atoms with Crippen LogP contribution in [0.4, 0.5) is 0 Å². The molecular formula is C19H26N4O6. The van der Waals surface area contributed by atoms with Crippen molar-refractivity contribution in [3.63, 3.8) is 0 Å². The SMILES string of the molecule is COCCn1c(C)cc(C(=O)CN(CCC#N)CCC#N)c1C.O=C(O)C(=O)O. The number of ketones is 1. The summed E-state index contributed by atoms with van der Waals surface area (Å²) >= 11 is 0. The van der Waals surface area contributed by atoms with Crippen molar-refractivity contribution in [1.82, 2.24) is 9.47 Å². The molecule has 0 saturated carbocycles. The Morgan fingerprint density at radius 2 is 1.62 bits per heavy atom. The third kappa shape index (κ3) is 9.51. The van der Waals surface area contributed by atoms with Crippen molar-refractivity contribution < 1.29 is 29.3 Å². The van der Waals surface area contributed by atoms with Crippen LogP contribution < -0.4 is 0 Å². The molecule has 0 atom stereocenters. The summed E-state index contributed by atoms with van der Waals surface area (Å²) in [5.74, 6) is -3.62. The Morgan fingerprint density at radius 1 is 1.10 bits per heavy atom. The minimum absolute atomic E-state index is 0.0256. The van der Waals surface area contributed by atoms with Gasteiger partial charge >= 0.3 is 11.9 Å². The molecule has 158 valence electrons. The number of carbonyl (C=O) groups excluding carboxylic acids is 1. The summed E-state index contributed by atoms with van der Waals surface area (Å²) in [7, 11) is 1.66. The molecule has 0 aliphatic carbocycles. The second-order valence-corrected chi connectivity index (χ2v) is 6.06. The van der Waals surface area contributed by atoms with Gasteiger partial charge in [0, 0.05) is 56.5 Å². The molecule has 0 amide bonds. The van der Waals surface area contributed by atoms with E-state index in [9.17, 15) is 4.79 Å². The number of nitriles is 2. The van der Waals surface area contributed by atoms with Gasteiger partial charge in [-0.15, -0.1) is 0 Å². The molecule has 0 aliphatic heterocycles. The van der Waals surface area contributed by atoms with E-state index >= 15 is 0 Å². The van der Waals surface area contributed by atoms with Crippen LogP contribution in [0.2, 0.25) is 0 Å². The summed E-state index contributed by atoms with van der Waals surface area (Å²) in [5.41, 5.74) is 2.67. The molecule has 0 aromatic carbocycles. The molecule has 0 unspecified atom stereocenters. The molecule has 1 aromatic heterocycles. The number of aryl methyl sites for hydroxylation is 1. The lowest BCUT2D eigenvalue weighted by Gasteiger charge is -2.18. The fraction of sp³-hybridized carbons (Fsp3) is 0.526. The van der Waals surface area contributed by atoms with Crippen LogP contribution in [-0.2, 0) is 20.9 Å². The van der Waals surface area contributed by atoms with Gasteiger partial charge in [0.2, 0.25) is 0 Å². The van der Waals surface area contributed by atoms with Crippen LogP contribution in [0.15, 0.2) is 6.07 Å². The zero-order chi connectivity index (χ0) is 22.4. The van der Waals surface area contributed by atoms with E-state index < -0.39 is 11.9 Å². The van der Waals surface area contributed by atoms with Gasteiger partial charge in [0.05, 0.1) is 25.3 Å². The van der Waals surface area contributed by atoms with Gasteiger partial charge in [0.15, 0.2) is 5.78 Å². The molecule has 0 radical (unpaired) electrons. The van der Waals surface area contributed by atoms with Crippen LogP contribution in [0.1, 0.15) is 34.6 Å². The molecule has 0 aliphatic rings. The third-order valence-electron chi connectivity index (χ3n) is 4.02. The third-order valence-corrected chi connectivity index (χ3v) is 4.02. The summed E-state index contributed by atoms with van der Waals surface area (Å²) in [5, 5.41) is 32.2. The van der Waals surface area contributed by atoms with Crippen molar-refractivity contribution in [3.05, 3.63) is 23.0 Å². The number of aliphatic carboxylic acids is 2. The lowest BCUT2D eigenvalue weighted by atomic mass is 10.1. The first-order valence-electron chi connectivity index (χ1n) is 8.80. The van der Waals surface area contributed by atoms with Gasteiger partial charge in [-0.1, -0.05) is 0 Å². The van der Waals surface area contributed by atoms with Gasteiger partial charge in [-0.3, -0.25) is 9.69 Å². The number of nitrogens with zero attached hydrogens (tertiary/aromatic N) is 4. The topological polar surface area (TPSA) is 157 Å². The van der Waals surface area contributed by atoms with E-state index in [2.05, 4.69) is 16.7 Å². The van der Waals surface area contributed by atoms with Crippen molar-refractivity contribution in [2.75, 3.05) is 33.4 Å². The van der Waals surface area contributed by atoms with Crippen LogP contribution in [0, 0.1) is 36.5 Å². The monoisotopic (exact) mass is 406 g/mol. The second kappa shape index (κ2) is 13.9.